The third kappa shape index (κ3) is 4.40. The first-order chi connectivity index (χ1) is 7.65. The molecule has 0 aromatic carbocycles. The summed E-state index contributed by atoms with van der Waals surface area (Å²) < 4.78 is 10.9. The third-order valence-electron chi connectivity index (χ3n) is 3.37. The maximum Gasteiger partial charge on any atom is 0.104 e. The Morgan fingerprint density at radius 3 is 2.31 bits per heavy atom. The highest BCUT2D eigenvalue weighted by Gasteiger charge is 2.29. The average Bonchev–Trinajstić information content (AvgIpc) is 2.29. The van der Waals surface area contributed by atoms with Gasteiger partial charge in [0.25, 0.3) is 0 Å². The van der Waals surface area contributed by atoms with E-state index < -0.39 is 6.10 Å². The number of aliphatic hydroxyl groups is 1. The largest absolute Gasteiger partial charge is 0.388 e. The van der Waals surface area contributed by atoms with E-state index >= 15 is 0 Å². The molecule has 0 amide bonds. The zero-order chi connectivity index (χ0) is 12.0. The van der Waals surface area contributed by atoms with Crippen LogP contribution < -0.4 is 0 Å². The highest BCUT2D eigenvalue weighted by Crippen LogP contribution is 2.29. The molecule has 1 aliphatic carbocycles. The molecular weight excluding hydrogens is 204 g/mol. The monoisotopic (exact) mass is 230 g/mol. The molecular formula is C13H26O3. The van der Waals surface area contributed by atoms with Gasteiger partial charge in [0.2, 0.25) is 0 Å². The van der Waals surface area contributed by atoms with Crippen LogP contribution in [0.3, 0.4) is 0 Å². The van der Waals surface area contributed by atoms with Crippen LogP contribution in [0, 0.1) is 5.92 Å². The first kappa shape index (κ1) is 13.9. The van der Waals surface area contributed by atoms with Crippen LogP contribution in [0.1, 0.15) is 46.0 Å². The Kier molecular flexibility index (Phi) is 6.32. The molecule has 1 N–H and O–H groups in total. The van der Waals surface area contributed by atoms with Crippen LogP contribution in [-0.2, 0) is 9.47 Å². The van der Waals surface area contributed by atoms with Crippen molar-refractivity contribution in [1.82, 2.24) is 0 Å². The van der Waals surface area contributed by atoms with Crippen molar-refractivity contribution in [2.45, 2.75) is 64.3 Å². The van der Waals surface area contributed by atoms with Gasteiger partial charge in [0.1, 0.15) is 6.10 Å². The summed E-state index contributed by atoms with van der Waals surface area (Å²) in [7, 11) is 1.69. The summed E-state index contributed by atoms with van der Waals surface area (Å²) in [5, 5.41) is 10.1. The SMILES string of the molecule is COC(C(O)COC(C)C)C1CCCCC1. The Labute approximate surface area is 99.1 Å². The molecule has 0 bridgehead atoms. The zero-order valence-electron chi connectivity index (χ0n) is 10.8. The Morgan fingerprint density at radius 2 is 1.81 bits per heavy atom. The number of rotatable bonds is 6. The van der Waals surface area contributed by atoms with Crippen molar-refractivity contribution < 1.29 is 14.6 Å². The Morgan fingerprint density at radius 1 is 1.19 bits per heavy atom. The number of hydrogen-bond donors (Lipinski definition) is 1. The van der Waals surface area contributed by atoms with Gasteiger partial charge in [-0.1, -0.05) is 19.3 Å². The highest BCUT2D eigenvalue weighted by atomic mass is 16.5. The van der Waals surface area contributed by atoms with Gasteiger partial charge in [-0.3, -0.25) is 0 Å². The molecule has 1 rings (SSSR count). The molecule has 96 valence electrons. The summed E-state index contributed by atoms with van der Waals surface area (Å²) >= 11 is 0. The summed E-state index contributed by atoms with van der Waals surface area (Å²) in [4.78, 5) is 0. The van der Waals surface area contributed by atoms with Gasteiger partial charge in [-0.15, -0.1) is 0 Å². The number of ether oxygens (including phenoxy) is 2. The predicted octanol–water partition coefficient (Wildman–Crippen LogP) is 2.37. The van der Waals surface area contributed by atoms with Gasteiger partial charge in [-0.25, -0.2) is 0 Å². The quantitative estimate of drug-likeness (QED) is 0.761. The number of hydrogen-bond acceptors (Lipinski definition) is 3. The van der Waals surface area contributed by atoms with Gasteiger partial charge in [0.15, 0.2) is 0 Å². The number of methoxy groups -OCH3 is 1. The lowest BCUT2D eigenvalue weighted by atomic mass is 9.83. The van der Waals surface area contributed by atoms with Crippen molar-refractivity contribution in [3.05, 3.63) is 0 Å². The van der Waals surface area contributed by atoms with Gasteiger partial charge < -0.3 is 14.6 Å². The normalized spacial score (nSPS) is 22.3. The van der Waals surface area contributed by atoms with Gasteiger partial charge in [-0.2, -0.15) is 0 Å². The molecule has 3 nitrogen and oxygen atoms in total. The second kappa shape index (κ2) is 7.25. The lowest BCUT2D eigenvalue weighted by molar-refractivity contribution is -0.0939. The molecule has 0 aliphatic heterocycles. The molecule has 1 aliphatic rings. The standard InChI is InChI=1S/C13H26O3/c1-10(2)16-9-12(14)13(15-3)11-7-5-4-6-8-11/h10-14H,4-9H2,1-3H3. The van der Waals surface area contributed by atoms with E-state index in [2.05, 4.69) is 0 Å². The van der Waals surface area contributed by atoms with Crippen molar-refractivity contribution in [2.75, 3.05) is 13.7 Å². The van der Waals surface area contributed by atoms with Crippen LogP contribution in [0.5, 0.6) is 0 Å². The summed E-state index contributed by atoms with van der Waals surface area (Å²) in [6, 6.07) is 0. The second-order valence-electron chi connectivity index (χ2n) is 5.05. The second-order valence-corrected chi connectivity index (χ2v) is 5.05. The van der Waals surface area contributed by atoms with E-state index in [4.69, 9.17) is 9.47 Å². The van der Waals surface area contributed by atoms with Gasteiger partial charge >= 0.3 is 0 Å². The van der Waals surface area contributed by atoms with Crippen LogP contribution in [0.2, 0.25) is 0 Å². The van der Waals surface area contributed by atoms with Gasteiger partial charge in [0, 0.05) is 7.11 Å². The summed E-state index contributed by atoms with van der Waals surface area (Å²) in [6.07, 6.45) is 5.83. The Hall–Kier alpha value is -0.120. The molecule has 2 atom stereocenters. The van der Waals surface area contributed by atoms with E-state index in [0.717, 1.165) is 0 Å². The Bertz CT molecular complexity index is 176. The maximum absolute atomic E-state index is 10.1. The first-order valence-electron chi connectivity index (χ1n) is 6.47. The van der Waals surface area contributed by atoms with Crippen LogP contribution in [-0.4, -0.2) is 37.1 Å². The molecule has 3 heteroatoms. The first-order valence-corrected chi connectivity index (χ1v) is 6.47. The molecule has 0 heterocycles. The van der Waals surface area contributed by atoms with Crippen molar-refractivity contribution >= 4 is 0 Å². The minimum absolute atomic E-state index is 0.0564. The molecule has 1 fully saturated rings. The van der Waals surface area contributed by atoms with Crippen molar-refractivity contribution in [1.29, 1.82) is 0 Å². The summed E-state index contributed by atoms with van der Waals surface area (Å²) in [5.41, 5.74) is 0. The topological polar surface area (TPSA) is 38.7 Å². The van der Waals surface area contributed by atoms with E-state index in [1.54, 1.807) is 7.11 Å². The Balaban J connectivity index is 2.38. The van der Waals surface area contributed by atoms with Gasteiger partial charge in [-0.05, 0) is 32.6 Å². The zero-order valence-corrected chi connectivity index (χ0v) is 10.8. The fourth-order valence-corrected chi connectivity index (χ4v) is 2.51. The number of aliphatic hydroxyl groups excluding tert-OH is 1. The van der Waals surface area contributed by atoms with Crippen LogP contribution in [0.4, 0.5) is 0 Å². The molecule has 1 saturated carbocycles. The average molecular weight is 230 g/mol. The highest BCUT2D eigenvalue weighted by molar-refractivity contribution is 4.80. The van der Waals surface area contributed by atoms with Crippen molar-refractivity contribution in [3.63, 3.8) is 0 Å². The summed E-state index contributed by atoms with van der Waals surface area (Å²) in [6.45, 7) is 4.34. The van der Waals surface area contributed by atoms with E-state index in [-0.39, 0.29) is 12.2 Å². The fraction of sp³-hybridized carbons (Fsp3) is 1.00. The van der Waals surface area contributed by atoms with Crippen LogP contribution >= 0.6 is 0 Å². The molecule has 0 radical (unpaired) electrons. The van der Waals surface area contributed by atoms with E-state index in [1.165, 1.54) is 32.1 Å². The fourth-order valence-electron chi connectivity index (χ4n) is 2.51. The van der Waals surface area contributed by atoms with E-state index in [1.807, 2.05) is 13.8 Å². The van der Waals surface area contributed by atoms with Crippen molar-refractivity contribution in [2.24, 2.45) is 5.92 Å². The molecule has 0 saturated heterocycles. The minimum Gasteiger partial charge on any atom is -0.388 e. The van der Waals surface area contributed by atoms with Crippen molar-refractivity contribution in [3.8, 4) is 0 Å². The van der Waals surface area contributed by atoms with Crippen LogP contribution in [0.15, 0.2) is 0 Å². The lowest BCUT2D eigenvalue weighted by Gasteiger charge is -2.32. The molecule has 0 spiro atoms. The third-order valence-corrected chi connectivity index (χ3v) is 3.37. The van der Waals surface area contributed by atoms with Crippen LogP contribution in [0.25, 0.3) is 0 Å². The molecule has 16 heavy (non-hydrogen) atoms. The maximum atomic E-state index is 10.1. The molecule has 2 unspecified atom stereocenters. The lowest BCUT2D eigenvalue weighted by Crippen LogP contribution is -2.39. The molecule has 0 aromatic heterocycles. The predicted molar refractivity (Wildman–Crippen MR) is 64.5 cm³/mol. The minimum atomic E-state index is -0.490. The smallest absolute Gasteiger partial charge is 0.104 e. The summed E-state index contributed by atoms with van der Waals surface area (Å²) in [5.74, 6) is 0.504. The van der Waals surface area contributed by atoms with E-state index in [0.29, 0.717) is 12.5 Å². The van der Waals surface area contributed by atoms with Gasteiger partial charge in [0.05, 0.1) is 18.8 Å². The molecule has 0 aromatic rings. The van der Waals surface area contributed by atoms with E-state index in [9.17, 15) is 5.11 Å².